The van der Waals surface area contributed by atoms with Crippen molar-refractivity contribution in [2.75, 3.05) is 24.3 Å². The quantitative estimate of drug-likeness (QED) is 0.860. The molecule has 0 amide bonds. The minimum atomic E-state index is 0.428. The summed E-state index contributed by atoms with van der Waals surface area (Å²) in [5, 5.41) is 4.29. The van der Waals surface area contributed by atoms with E-state index in [1.54, 1.807) is 0 Å². The summed E-state index contributed by atoms with van der Waals surface area (Å²) in [5.74, 6) is 0.592. The molecular weight excluding hydrogens is 220 g/mol. The second-order valence-electron chi connectivity index (χ2n) is 4.71. The van der Waals surface area contributed by atoms with Gasteiger partial charge in [-0.05, 0) is 25.0 Å². The summed E-state index contributed by atoms with van der Waals surface area (Å²) in [4.78, 5) is 2.04. The predicted octanol–water partition coefficient (Wildman–Crippen LogP) is 3.86. The lowest BCUT2D eigenvalue weighted by Gasteiger charge is -2.24. The van der Waals surface area contributed by atoms with Crippen molar-refractivity contribution in [1.29, 1.82) is 0 Å². The van der Waals surface area contributed by atoms with E-state index in [1.807, 2.05) is 31.1 Å². The van der Waals surface area contributed by atoms with Gasteiger partial charge in [0.15, 0.2) is 0 Å². The predicted molar refractivity (Wildman–Crippen MR) is 73.7 cm³/mol. The maximum Gasteiger partial charge on any atom is 0.0786 e. The van der Waals surface area contributed by atoms with E-state index in [1.165, 1.54) is 0 Å². The Hall–Kier alpha value is -0.890. The molecule has 0 saturated carbocycles. The minimum absolute atomic E-state index is 0.428. The van der Waals surface area contributed by atoms with E-state index in [4.69, 9.17) is 11.6 Å². The summed E-state index contributed by atoms with van der Waals surface area (Å²) in [7, 11) is 4.01. The molecule has 1 aromatic carbocycles. The molecule has 0 aliphatic carbocycles. The third-order valence-corrected chi connectivity index (χ3v) is 3.12. The van der Waals surface area contributed by atoms with Gasteiger partial charge in [0, 0.05) is 20.1 Å². The Labute approximate surface area is 104 Å². The molecule has 0 fully saturated rings. The van der Waals surface area contributed by atoms with Crippen LogP contribution in [-0.4, -0.2) is 20.1 Å². The fraction of sp³-hybridized carbons (Fsp3) is 0.538. The molecule has 0 saturated heterocycles. The number of anilines is 2. The Balaban J connectivity index is 2.99. The van der Waals surface area contributed by atoms with Crippen LogP contribution in [0.4, 0.5) is 11.4 Å². The molecule has 0 aliphatic rings. The molecule has 1 atom stereocenters. The monoisotopic (exact) mass is 240 g/mol. The third kappa shape index (κ3) is 3.05. The van der Waals surface area contributed by atoms with Crippen LogP contribution in [0.25, 0.3) is 0 Å². The molecule has 3 heteroatoms. The SMILES string of the molecule is CC(C)C(C)Nc1cccc(Cl)c1N(C)C. The van der Waals surface area contributed by atoms with Gasteiger partial charge >= 0.3 is 0 Å². The van der Waals surface area contributed by atoms with E-state index in [2.05, 4.69) is 32.2 Å². The van der Waals surface area contributed by atoms with Gasteiger partial charge in [0.25, 0.3) is 0 Å². The molecule has 0 aliphatic heterocycles. The van der Waals surface area contributed by atoms with Gasteiger partial charge in [-0.3, -0.25) is 0 Å². The summed E-state index contributed by atoms with van der Waals surface area (Å²) >= 11 is 6.21. The Morgan fingerprint density at radius 1 is 1.19 bits per heavy atom. The Morgan fingerprint density at radius 2 is 1.81 bits per heavy atom. The topological polar surface area (TPSA) is 15.3 Å². The average molecular weight is 241 g/mol. The van der Waals surface area contributed by atoms with Crippen LogP contribution in [0.3, 0.4) is 0 Å². The zero-order chi connectivity index (χ0) is 12.3. The van der Waals surface area contributed by atoms with E-state index in [9.17, 15) is 0 Å². The van der Waals surface area contributed by atoms with Gasteiger partial charge in [-0.15, -0.1) is 0 Å². The van der Waals surface area contributed by atoms with Crippen LogP contribution in [-0.2, 0) is 0 Å². The van der Waals surface area contributed by atoms with Crippen molar-refractivity contribution in [2.24, 2.45) is 5.92 Å². The standard InChI is InChI=1S/C13H21ClN2/c1-9(2)10(3)15-12-8-6-7-11(14)13(12)16(4)5/h6-10,15H,1-5H3. The number of halogens is 1. The van der Waals surface area contributed by atoms with E-state index in [0.29, 0.717) is 12.0 Å². The molecule has 16 heavy (non-hydrogen) atoms. The van der Waals surface area contributed by atoms with E-state index < -0.39 is 0 Å². The summed E-state index contributed by atoms with van der Waals surface area (Å²) < 4.78 is 0. The summed E-state index contributed by atoms with van der Waals surface area (Å²) in [6, 6.07) is 6.39. The van der Waals surface area contributed by atoms with Gasteiger partial charge in [0.1, 0.15) is 0 Å². The number of para-hydroxylation sites is 1. The first-order chi connectivity index (χ1) is 7.43. The molecule has 0 bridgehead atoms. The Morgan fingerprint density at radius 3 is 2.31 bits per heavy atom. The highest BCUT2D eigenvalue weighted by molar-refractivity contribution is 6.34. The zero-order valence-corrected chi connectivity index (χ0v) is 11.5. The lowest BCUT2D eigenvalue weighted by atomic mass is 10.1. The molecule has 1 rings (SSSR count). The van der Waals surface area contributed by atoms with Crippen molar-refractivity contribution in [3.05, 3.63) is 23.2 Å². The average Bonchev–Trinajstić information content (AvgIpc) is 2.16. The first kappa shape index (κ1) is 13.2. The Kier molecular flexibility index (Phi) is 4.48. The van der Waals surface area contributed by atoms with Crippen LogP contribution in [0, 0.1) is 5.92 Å². The van der Waals surface area contributed by atoms with Gasteiger partial charge in [-0.25, -0.2) is 0 Å². The summed E-state index contributed by atoms with van der Waals surface area (Å²) in [6.45, 7) is 6.60. The molecule has 2 nitrogen and oxygen atoms in total. The molecule has 90 valence electrons. The van der Waals surface area contributed by atoms with Crippen LogP contribution in [0.2, 0.25) is 5.02 Å². The first-order valence-corrected chi connectivity index (χ1v) is 6.03. The lowest BCUT2D eigenvalue weighted by molar-refractivity contribution is 0.560. The summed E-state index contributed by atoms with van der Waals surface area (Å²) in [6.07, 6.45) is 0. The van der Waals surface area contributed by atoms with Crippen LogP contribution in [0.5, 0.6) is 0 Å². The van der Waals surface area contributed by atoms with Gasteiger partial charge in [-0.2, -0.15) is 0 Å². The van der Waals surface area contributed by atoms with Crippen LogP contribution < -0.4 is 10.2 Å². The largest absolute Gasteiger partial charge is 0.381 e. The fourth-order valence-corrected chi connectivity index (χ4v) is 1.84. The second kappa shape index (κ2) is 5.44. The molecule has 1 unspecified atom stereocenters. The van der Waals surface area contributed by atoms with E-state index in [-0.39, 0.29) is 0 Å². The zero-order valence-electron chi connectivity index (χ0n) is 10.7. The fourth-order valence-electron chi connectivity index (χ4n) is 1.50. The van der Waals surface area contributed by atoms with E-state index in [0.717, 1.165) is 16.4 Å². The summed E-state index contributed by atoms with van der Waals surface area (Å²) in [5.41, 5.74) is 2.15. The van der Waals surface area contributed by atoms with Gasteiger partial charge in [0.05, 0.1) is 16.4 Å². The maximum absolute atomic E-state index is 6.21. The molecule has 1 N–H and O–H groups in total. The Bertz CT molecular complexity index is 348. The van der Waals surface area contributed by atoms with Gasteiger partial charge < -0.3 is 10.2 Å². The van der Waals surface area contributed by atoms with Crippen molar-refractivity contribution in [2.45, 2.75) is 26.8 Å². The number of nitrogens with one attached hydrogen (secondary N) is 1. The smallest absolute Gasteiger partial charge is 0.0786 e. The van der Waals surface area contributed by atoms with Gasteiger partial charge in [-0.1, -0.05) is 31.5 Å². The lowest BCUT2D eigenvalue weighted by Crippen LogP contribution is -2.23. The number of hydrogen-bond donors (Lipinski definition) is 1. The van der Waals surface area contributed by atoms with Crippen molar-refractivity contribution < 1.29 is 0 Å². The molecule has 0 aromatic heterocycles. The third-order valence-electron chi connectivity index (χ3n) is 2.82. The van der Waals surface area contributed by atoms with Crippen LogP contribution in [0.1, 0.15) is 20.8 Å². The molecule has 0 spiro atoms. The number of rotatable bonds is 4. The molecular formula is C13H21ClN2. The number of hydrogen-bond acceptors (Lipinski definition) is 2. The molecule has 0 radical (unpaired) electrons. The van der Waals surface area contributed by atoms with Crippen molar-refractivity contribution >= 4 is 23.0 Å². The minimum Gasteiger partial charge on any atom is -0.381 e. The first-order valence-electron chi connectivity index (χ1n) is 5.66. The highest BCUT2D eigenvalue weighted by Gasteiger charge is 2.12. The number of benzene rings is 1. The van der Waals surface area contributed by atoms with Crippen LogP contribution in [0.15, 0.2) is 18.2 Å². The highest BCUT2D eigenvalue weighted by atomic mass is 35.5. The van der Waals surface area contributed by atoms with Crippen LogP contribution >= 0.6 is 11.6 Å². The normalized spacial score (nSPS) is 12.7. The van der Waals surface area contributed by atoms with E-state index >= 15 is 0 Å². The second-order valence-corrected chi connectivity index (χ2v) is 5.11. The molecule has 1 aromatic rings. The van der Waals surface area contributed by atoms with Gasteiger partial charge in [0.2, 0.25) is 0 Å². The molecule has 0 heterocycles. The maximum atomic E-state index is 6.21. The van der Waals surface area contributed by atoms with Crippen molar-refractivity contribution in [3.63, 3.8) is 0 Å². The number of nitrogens with zero attached hydrogens (tertiary/aromatic N) is 1. The van der Waals surface area contributed by atoms with Crippen molar-refractivity contribution in [1.82, 2.24) is 0 Å². The highest BCUT2D eigenvalue weighted by Crippen LogP contribution is 2.33. The van der Waals surface area contributed by atoms with Crippen molar-refractivity contribution in [3.8, 4) is 0 Å².